The van der Waals surface area contributed by atoms with Gasteiger partial charge in [-0.1, -0.05) is 38.3 Å². The average molecular weight is 246 g/mol. The summed E-state index contributed by atoms with van der Waals surface area (Å²) in [6, 6.07) is 9.44. The van der Waals surface area contributed by atoms with Gasteiger partial charge in [-0.25, -0.2) is 0 Å². The van der Waals surface area contributed by atoms with Gasteiger partial charge in [0, 0.05) is 24.8 Å². The quantitative estimate of drug-likeness (QED) is 0.780. The highest BCUT2D eigenvalue weighted by Gasteiger charge is 2.18. The van der Waals surface area contributed by atoms with E-state index in [0.717, 1.165) is 19.5 Å². The van der Waals surface area contributed by atoms with Gasteiger partial charge < -0.3 is 10.6 Å². The van der Waals surface area contributed by atoms with Crippen LogP contribution in [0.2, 0.25) is 0 Å². The van der Waals surface area contributed by atoms with Gasteiger partial charge in [-0.05, 0) is 37.0 Å². The molecule has 0 amide bonds. The normalized spacial score (nSPS) is 19.4. The van der Waals surface area contributed by atoms with Crippen molar-refractivity contribution in [2.45, 2.75) is 51.5 Å². The number of unbranched alkanes of at least 4 members (excludes halogenated alkanes) is 3. The second-order valence-corrected chi connectivity index (χ2v) is 5.47. The summed E-state index contributed by atoms with van der Waals surface area (Å²) in [5, 5.41) is 0. The largest absolute Gasteiger partial charge is 0.370 e. The summed E-state index contributed by atoms with van der Waals surface area (Å²) < 4.78 is 0. The van der Waals surface area contributed by atoms with Crippen LogP contribution in [0, 0.1) is 0 Å². The van der Waals surface area contributed by atoms with E-state index in [-0.39, 0.29) is 0 Å². The van der Waals surface area contributed by atoms with Crippen molar-refractivity contribution in [1.29, 1.82) is 0 Å². The molecule has 1 aromatic carbocycles. The first-order chi connectivity index (χ1) is 8.79. The molecule has 2 N–H and O–H groups in total. The van der Waals surface area contributed by atoms with Crippen LogP contribution in [0.4, 0.5) is 5.69 Å². The molecule has 0 aromatic heterocycles. The number of hydrogen-bond donors (Lipinski definition) is 1. The molecule has 1 unspecified atom stereocenters. The van der Waals surface area contributed by atoms with E-state index in [2.05, 4.69) is 36.1 Å². The van der Waals surface area contributed by atoms with Crippen molar-refractivity contribution in [1.82, 2.24) is 0 Å². The summed E-state index contributed by atoms with van der Waals surface area (Å²) in [6.07, 6.45) is 7.71. The second-order valence-electron chi connectivity index (χ2n) is 5.47. The molecule has 100 valence electrons. The maximum Gasteiger partial charge on any atom is 0.0366 e. The number of nitrogens with zero attached hydrogens (tertiary/aromatic N) is 1. The Labute approximate surface area is 111 Å². The average Bonchev–Trinajstić information content (AvgIpc) is 2.82. The monoisotopic (exact) mass is 246 g/mol. The minimum absolute atomic E-state index is 0.360. The Morgan fingerprint density at radius 2 is 1.94 bits per heavy atom. The molecule has 2 nitrogen and oxygen atoms in total. The van der Waals surface area contributed by atoms with Crippen LogP contribution < -0.4 is 10.6 Å². The third kappa shape index (κ3) is 3.74. The summed E-state index contributed by atoms with van der Waals surface area (Å²) in [5.41, 5.74) is 8.75. The molecule has 1 fully saturated rings. The van der Waals surface area contributed by atoms with Crippen molar-refractivity contribution in [2.24, 2.45) is 5.73 Å². The lowest BCUT2D eigenvalue weighted by Crippen LogP contribution is -2.26. The highest BCUT2D eigenvalue weighted by Crippen LogP contribution is 2.20. The number of nitrogens with two attached hydrogens (primary N) is 1. The van der Waals surface area contributed by atoms with Crippen LogP contribution in [-0.4, -0.2) is 19.1 Å². The summed E-state index contributed by atoms with van der Waals surface area (Å²) >= 11 is 0. The lowest BCUT2D eigenvalue weighted by molar-refractivity contribution is 0.667. The van der Waals surface area contributed by atoms with Crippen molar-refractivity contribution in [3.63, 3.8) is 0 Å². The summed E-state index contributed by atoms with van der Waals surface area (Å²) in [6.45, 7) is 4.38. The van der Waals surface area contributed by atoms with Crippen LogP contribution in [-0.2, 0) is 6.42 Å². The zero-order valence-corrected chi connectivity index (χ0v) is 11.6. The molecule has 0 aliphatic carbocycles. The smallest absolute Gasteiger partial charge is 0.0366 e. The first kappa shape index (κ1) is 13.4. The summed E-state index contributed by atoms with van der Waals surface area (Å²) in [5.74, 6) is 0. The minimum Gasteiger partial charge on any atom is -0.370 e. The third-order valence-electron chi connectivity index (χ3n) is 3.85. The molecular weight excluding hydrogens is 220 g/mol. The first-order valence-electron chi connectivity index (χ1n) is 7.39. The topological polar surface area (TPSA) is 29.3 Å². The zero-order chi connectivity index (χ0) is 12.8. The van der Waals surface area contributed by atoms with Crippen molar-refractivity contribution >= 4 is 5.69 Å². The van der Waals surface area contributed by atoms with Crippen LogP contribution >= 0.6 is 0 Å². The standard InChI is InChI=1S/C16H26N2/c1-2-3-4-5-6-14-7-9-16(10-8-14)18-12-11-15(17)13-18/h7-10,15H,2-6,11-13,17H2,1H3. The molecule has 1 aliphatic rings. The van der Waals surface area contributed by atoms with E-state index in [4.69, 9.17) is 5.73 Å². The van der Waals surface area contributed by atoms with E-state index in [1.807, 2.05) is 0 Å². The van der Waals surface area contributed by atoms with Gasteiger partial charge in [-0.3, -0.25) is 0 Å². The molecule has 1 saturated heterocycles. The molecule has 1 aliphatic heterocycles. The first-order valence-corrected chi connectivity index (χ1v) is 7.39. The molecular formula is C16H26N2. The van der Waals surface area contributed by atoms with Crippen molar-refractivity contribution in [2.75, 3.05) is 18.0 Å². The third-order valence-corrected chi connectivity index (χ3v) is 3.85. The fraction of sp³-hybridized carbons (Fsp3) is 0.625. The van der Waals surface area contributed by atoms with Gasteiger partial charge in [0.1, 0.15) is 0 Å². The SMILES string of the molecule is CCCCCCc1ccc(N2CCC(N)C2)cc1. The molecule has 0 saturated carbocycles. The van der Waals surface area contributed by atoms with E-state index in [1.165, 1.54) is 43.4 Å². The van der Waals surface area contributed by atoms with Crippen LogP contribution in [0.25, 0.3) is 0 Å². The fourth-order valence-electron chi connectivity index (χ4n) is 2.65. The van der Waals surface area contributed by atoms with Crippen LogP contribution in [0.3, 0.4) is 0 Å². The van der Waals surface area contributed by atoms with Gasteiger partial charge >= 0.3 is 0 Å². The lowest BCUT2D eigenvalue weighted by Gasteiger charge is -2.18. The Hall–Kier alpha value is -1.02. The Bertz CT molecular complexity index is 345. The number of benzene rings is 1. The molecule has 0 spiro atoms. The predicted octanol–water partition coefficient (Wildman–Crippen LogP) is 3.35. The molecule has 0 radical (unpaired) electrons. The van der Waals surface area contributed by atoms with E-state index >= 15 is 0 Å². The van der Waals surface area contributed by atoms with Crippen LogP contribution in [0.15, 0.2) is 24.3 Å². The molecule has 1 atom stereocenters. The van der Waals surface area contributed by atoms with E-state index < -0.39 is 0 Å². The van der Waals surface area contributed by atoms with Gasteiger partial charge in [-0.2, -0.15) is 0 Å². The molecule has 1 aromatic rings. The Kier molecular flexibility index (Phi) is 5.06. The van der Waals surface area contributed by atoms with Gasteiger partial charge in [0.25, 0.3) is 0 Å². The number of aryl methyl sites for hydroxylation is 1. The van der Waals surface area contributed by atoms with E-state index in [0.29, 0.717) is 6.04 Å². The highest BCUT2D eigenvalue weighted by atomic mass is 15.2. The number of rotatable bonds is 6. The van der Waals surface area contributed by atoms with E-state index in [9.17, 15) is 0 Å². The van der Waals surface area contributed by atoms with E-state index in [1.54, 1.807) is 0 Å². The Morgan fingerprint density at radius 1 is 1.17 bits per heavy atom. The maximum atomic E-state index is 5.94. The lowest BCUT2D eigenvalue weighted by atomic mass is 10.1. The van der Waals surface area contributed by atoms with Crippen molar-refractivity contribution in [3.8, 4) is 0 Å². The number of anilines is 1. The summed E-state index contributed by atoms with van der Waals surface area (Å²) in [7, 11) is 0. The minimum atomic E-state index is 0.360. The Morgan fingerprint density at radius 3 is 2.56 bits per heavy atom. The maximum absolute atomic E-state index is 5.94. The highest BCUT2D eigenvalue weighted by molar-refractivity contribution is 5.48. The molecule has 18 heavy (non-hydrogen) atoms. The summed E-state index contributed by atoms with van der Waals surface area (Å²) in [4.78, 5) is 2.39. The van der Waals surface area contributed by atoms with Gasteiger partial charge in [0.2, 0.25) is 0 Å². The van der Waals surface area contributed by atoms with Gasteiger partial charge in [0.15, 0.2) is 0 Å². The molecule has 0 bridgehead atoms. The van der Waals surface area contributed by atoms with Crippen molar-refractivity contribution in [3.05, 3.63) is 29.8 Å². The molecule has 2 heteroatoms. The fourth-order valence-corrected chi connectivity index (χ4v) is 2.65. The number of hydrogen-bond acceptors (Lipinski definition) is 2. The Balaban J connectivity index is 1.82. The van der Waals surface area contributed by atoms with Crippen LogP contribution in [0.5, 0.6) is 0 Å². The van der Waals surface area contributed by atoms with Gasteiger partial charge in [-0.15, -0.1) is 0 Å². The molecule has 1 heterocycles. The zero-order valence-electron chi connectivity index (χ0n) is 11.6. The molecule has 2 rings (SSSR count). The van der Waals surface area contributed by atoms with Crippen molar-refractivity contribution < 1.29 is 0 Å². The van der Waals surface area contributed by atoms with Crippen LogP contribution in [0.1, 0.15) is 44.6 Å². The predicted molar refractivity (Wildman–Crippen MR) is 79.1 cm³/mol. The second kappa shape index (κ2) is 6.79. The van der Waals surface area contributed by atoms with Gasteiger partial charge in [0.05, 0.1) is 0 Å².